The van der Waals surface area contributed by atoms with Crippen LogP contribution in [-0.2, 0) is 0 Å². The monoisotopic (exact) mass is 237 g/mol. The highest BCUT2D eigenvalue weighted by atomic mass is 15.1. The first-order chi connectivity index (χ1) is 7.90. The molecule has 0 radical (unpaired) electrons. The molecule has 0 aromatic rings. The van der Waals surface area contributed by atoms with E-state index in [-0.39, 0.29) is 0 Å². The lowest BCUT2D eigenvalue weighted by atomic mass is 9.91. The zero-order valence-electron chi connectivity index (χ0n) is 12.6. The van der Waals surface area contributed by atoms with Gasteiger partial charge in [-0.25, -0.2) is 0 Å². The molecule has 0 heterocycles. The molecule has 0 aliphatic carbocycles. The van der Waals surface area contributed by atoms with Gasteiger partial charge in [-0.2, -0.15) is 0 Å². The number of nitrogens with zero attached hydrogens (tertiary/aromatic N) is 1. The normalized spacial score (nSPS) is 14.7. The maximum absolute atomic E-state index is 4.25. The van der Waals surface area contributed by atoms with Crippen molar-refractivity contribution in [3.05, 3.63) is 24.3 Å². The highest BCUT2D eigenvalue weighted by Crippen LogP contribution is 2.23. The Morgan fingerprint density at radius 2 is 1.76 bits per heavy atom. The van der Waals surface area contributed by atoms with E-state index in [1.165, 1.54) is 30.4 Å². The summed E-state index contributed by atoms with van der Waals surface area (Å²) in [6.45, 7) is 15.0. The molecule has 0 rings (SSSR count). The van der Waals surface area contributed by atoms with E-state index in [1.807, 2.05) is 0 Å². The lowest BCUT2D eigenvalue weighted by Gasteiger charge is -2.26. The predicted molar refractivity (Wildman–Crippen MR) is 79.4 cm³/mol. The zero-order valence-corrected chi connectivity index (χ0v) is 12.6. The Hall–Kier alpha value is -0.560. The van der Waals surface area contributed by atoms with Gasteiger partial charge in [0.25, 0.3) is 0 Å². The number of unbranched alkanes of at least 4 members (excludes halogenated alkanes) is 1. The Bertz CT molecular complexity index is 240. The summed E-state index contributed by atoms with van der Waals surface area (Å²) < 4.78 is 0. The number of hydrogen-bond acceptors (Lipinski definition) is 1. The van der Waals surface area contributed by atoms with Gasteiger partial charge in [-0.1, -0.05) is 51.0 Å². The molecule has 0 aliphatic heterocycles. The quantitative estimate of drug-likeness (QED) is 0.527. The zero-order chi connectivity index (χ0) is 13.4. The third-order valence-corrected chi connectivity index (χ3v) is 3.62. The van der Waals surface area contributed by atoms with Gasteiger partial charge in [0.2, 0.25) is 0 Å². The van der Waals surface area contributed by atoms with Crippen LogP contribution in [0.4, 0.5) is 0 Å². The van der Waals surface area contributed by atoms with Gasteiger partial charge in [-0.05, 0) is 46.2 Å². The van der Waals surface area contributed by atoms with Crippen molar-refractivity contribution >= 4 is 0 Å². The fourth-order valence-electron chi connectivity index (χ4n) is 2.23. The van der Waals surface area contributed by atoms with Gasteiger partial charge in [-0.3, -0.25) is 0 Å². The molecule has 0 spiro atoms. The molecule has 0 aliphatic rings. The molecule has 0 fully saturated rings. The van der Waals surface area contributed by atoms with Gasteiger partial charge in [0, 0.05) is 6.04 Å². The summed E-state index contributed by atoms with van der Waals surface area (Å²) >= 11 is 0. The van der Waals surface area contributed by atoms with E-state index in [4.69, 9.17) is 0 Å². The van der Waals surface area contributed by atoms with Crippen molar-refractivity contribution in [3.8, 4) is 0 Å². The van der Waals surface area contributed by atoms with E-state index in [0.717, 1.165) is 12.8 Å². The Morgan fingerprint density at radius 3 is 2.18 bits per heavy atom. The van der Waals surface area contributed by atoms with Crippen molar-refractivity contribution in [2.45, 2.75) is 58.9 Å². The number of likely N-dealkylation sites (N-methyl/N-ethyl adjacent to an activating group) is 1. The average Bonchev–Trinajstić information content (AvgIpc) is 2.24. The minimum atomic E-state index is 0.491. The SMILES string of the molecule is C=C(CCC(C(=C)C)N(C)C)C(C)CCCC. The predicted octanol–water partition coefficient (Wildman–Crippen LogP) is 4.66. The van der Waals surface area contributed by atoms with E-state index >= 15 is 0 Å². The maximum Gasteiger partial charge on any atom is 0.0299 e. The van der Waals surface area contributed by atoms with Crippen LogP contribution in [0, 0.1) is 5.92 Å². The van der Waals surface area contributed by atoms with Gasteiger partial charge in [-0.15, -0.1) is 0 Å². The van der Waals surface area contributed by atoms with Crippen molar-refractivity contribution in [2.24, 2.45) is 5.92 Å². The second-order valence-corrected chi connectivity index (χ2v) is 5.57. The van der Waals surface area contributed by atoms with Crippen molar-refractivity contribution in [1.82, 2.24) is 4.90 Å². The summed E-state index contributed by atoms with van der Waals surface area (Å²) in [6.07, 6.45) is 6.16. The Balaban J connectivity index is 4.08. The summed E-state index contributed by atoms with van der Waals surface area (Å²) in [5.74, 6) is 0.669. The van der Waals surface area contributed by atoms with Crippen LogP contribution in [-0.4, -0.2) is 25.0 Å². The molecule has 2 unspecified atom stereocenters. The van der Waals surface area contributed by atoms with E-state index in [0.29, 0.717) is 12.0 Å². The fraction of sp³-hybridized carbons (Fsp3) is 0.750. The lowest BCUT2D eigenvalue weighted by Crippen LogP contribution is -2.28. The minimum Gasteiger partial charge on any atom is -0.303 e. The molecule has 0 bridgehead atoms. The molecule has 0 N–H and O–H groups in total. The first kappa shape index (κ1) is 16.4. The van der Waals surface area contributed by atoms with E-state index < -0.39 is 0 Å². The van der Waals surface area contributed by atoms with Crippen LogP contribution in [0.1, 0.15) is 52.9 Å². The number of rotatable bonds is 9. The Morgan fingerprint density at radius 1 is 1.18 bits per heavy atom. The van der Waals surface area contributed by atoms with Crippen LogP contribution in [0.25, 0.3) is 0 Å². The first-order valence-electron chi connectivity index (χ1n) is 6.89. The Labute approximate surface area is 109 Å². The second kappa shape index (κ2) is 8.52. The van der Waals surface area contributed by atoms with Crippen LogP contribution in [0.5, 0.6) is 0 Å². The second-order valence-electron chi connectivity index (χ2n) is 5.57. The lowest BCUT2D eigenvalue weighted by molar-refractivity contribution is 0.312. The highest BCUT2D eigenvalue weighted by Gasteiger charge is 2.14. The van der Waals surface area contributed by atoms with Crippen molar-refractivity contribution in [1.29, 1.82) is 0 Å². The molecule has 2 atom stereocenters. The van der Waals surface area contributed by atoms with Crippen molar-refractivity contribution in [3.63, 3.8) is 0 Å². The van der Waals surface area contributed by atoms with Crippen LogP contribution in [0.15, 0.2) is 24.3 Å². The summed E-state index contributed by atoms with van der Waals surface area (Å²) in [5, 5.41) is 0. The largest absolute Gasteiger partial charge is 0.303 e. The molecule has 1 heteroatoms. The molecular weight excluding hydrogens is 206 g/mol. The van der Waals surface area contributed by atoms with E-state index in [1.54, 1.807) is 0 Å². The smallest absolute Gasteiger partial charge is 0.0299 e. The van der Waals surface area contributed by atoms with Crippen LogP contribution in [0.2, 0.25) is 0 Å². The molecule has 0 amide bonds. The van der Waals surface area contributed by atoms with Crippen LogP contribution >= 0.6 is 0 Å². The molecule has 1 nitrogen and oxygen atoms in total. The number of hydrogen-bond donors (Lipinski definition) is 0. The molecule has 0 saturated heterocycles. The third kappa shape index (κ3) is 6.68. The molecule has 100 valence electrons. The molecule has 17 heavy (non-hydrogen) atoms. The van der Waals surface area contributed by atoms with Gasteiger partial charge < -0.3 is 4.90 Å². The molecule has 0 saturated carbocycles. The minimum absolute atomic E-state index is 0.491. The van der Waals surface area contributed by atoms with Gasteiger partial charge in [0.1, 0.15) is 0 Å². The summed E-state index contributed by atoms with van der Waals surface area (Å²) in [4.78, 5) is 2.26. The topological polar surface area (TPSA) is 3.24 Å². The average molecular weight is 237 g/mol. The van der Waals surface area contributed by atoms with Gasteiger partial charge in [0.05, 0.1) is 0 Å². The first-order valence-corrected chi connectivity index (χ1v) is 6.89. The molecule has 0 aromatic heterocycles. The summed E-state index contributed by atoms with van der Waals surface area (Å²) in [7, 11) is 4.26. The standard InChI is InChI=1S/C16H31N/c1-8-9-10-14(4)15(5)11-12-16(13(2)3)17(6)7/h14,16H,2,5,8-12H2,1,3-4,6-7H3. The highest BCUT2D eigenvalue weighted by molar-refractivity contribution is 5.06. The van der Waals surface area contributed by atoms with Crippen LogP contribution < -0.4 is 0 Å². The fourth-order valence-corrected chi connectivity index (χ4v) is 2.23. The van der Waals surface area contributed by atoms with Crippen LogP contribution in [0.3, 0.4) is 0 Å². The maximum atomic E-state index is 4.25. The third-order valence-electron chi connectivity index (χ3n) is 3.62. The van der Waals surface area contributed by atoms with E-state index in [9.17, 15) is 0 Å². The van der Waals surface area contributed by atoms with E-state index in [2.05, 4.69) is 52.9 Å². The van der Waals surface area contributed by atoms with Crippen molar-refractivity contribution < 1.29 is 0 Å². The molecule has 0 aromatic carbocycles. The Kier molecular flexibility index (Phi) is 8.24. The van der Waals surface area contributed by atoms with Gasteiger partial charge >= 0.3 is 0 Å². The van der Waals surface area contributed by atoms with Gasteiger partial charge in [0.15, 0.2) is 0 Å². The number of allylic oxidation sites excluding steroid dienone is 1. The van der Waals surface area contributed by atoms with Crippen molar-refractivity contribution in [2.75, 3.05) is 14.1 Å². The summed E-state index contributed by atoms with van der Waals surface area (Å²) in [5.41, 5.74) is 2.66. The molecular formula is C16H31N. The summed E-state index contributed by atoms with van der Waals surface area (Å²) in [6, 6.07) is 0.491.